The van der Waals surface area contributed by atoms with Gasteiger partial charge in [0.15, 0.2) is 0 Å². The molecule has 61 heavy (non-hydrogen) atoms. The summed E-state index contributed by atoms with van der Waals surface area (Å²) in [4.78, 5) is 7.21. The fourth-order valence-corrected chi connectivity index (χ4v) is 9.28. The zero-order valence-electron chi connectivity index (χ0n) is 36.5. The molecule has 310 valence electrons. The van der Waals surface area contributed by atoms with E-state index in [0.717, 1.165) is 43.3 Å². The third-order valence-corrected chi connectivity index (χ3v) is 12.7. The van der Waals surface area contributed by atoms with Crippen molar-refractivity contribution < 1.29 is 24.1 Å². The summed E-state index contributed by atoms with van der Waals surface area (Å²) in [6, 6.07) is 55.0. The van der Waals surface area contributed by atoms with Crippen LogP contribution in [0.1, 0.15) is 84.6 Å². The first-order valence-electron chi connectivity index (χ1n) is 21.1. The Morgan fingerprint density at radius 2 is 1.20 bits per heavy atom. The predicted molar refractivity (Wildman–Crippen MR) is 247 cm³/mol. The van der Waals surface area contributed by atoms with Crippen molar-refractivity contribution in [3.8, 4) is 45.1 Å². The van der Waals surface area contributed by atoms with Crippen molar-refractivity contribution in [2.24, 2.45) is 0 Å². The molecule has 8 aromatic rings. The average molecular weight is 980 g/mol. The number of nitrogens with zero attached hydrogens (tertiary/aromatic N) is 4. The molecule has 2 aromatic heterocycles. The van der Waals surface area contributed by atoms with Crippen LogP contribution in [0.5, 0.6) is 11.5 Å². The Morgan fingerprint density at radius 3 is 1.89 bits per heavy atom. The summed E-state index contributed by atoms with van der Waals surface area (Å²) in [6.45, 7) is 21.1. The van der Waals surface area contributed by atoms with Gasteiger partial charge in [0.2, 0.25) is 0 Å². The summed E-state index contributed by atoms with van der Waals surface area (Å²) in [7, 11) is 0. The van der Waals surface area contributed by atoms with Gasteiger partial charge >= 0.3 is 276 Å². The van der Waals surface area contributed by atoms with Crippen molar-refractivity contribution in [1.29, 1.82) is 0 Å². The van der Waals surface area contributed by atoms with Crippen molar-refractivity contribution in [2.75, 3.05) is 4.90 Å². The summed E-state index contributed by atoms with van der Waals surface area (Å²) in [5.74, 6) is 2.11. The first kappa shape index (κ1) is 40.6. The number of pyridine rings is 1. The minimum atomic E-state index is -0.0295. The molecular weight excluding hydrogens is 928 g/mol. The van der Waals surface area contributed by atoms with Crippen LogP contribution in [-0.4, -0.2) is 14.1 Å². The second kappa shape index (κ2) is 15.3. The molecule has 6 heteroatoms. The molecule has 6 aromatic carbocycles. The van der Waals surface area contributed by atoms with Crippen molar-refractivity contribution in [2.45, 2.75) is 85.1 Å². The van der Waals surface area contributed by atoms with Crippen LogP contribution in [0.3, 0.4) is 0 Å². The molecule has 0 aliphatic carbocycles. The number of aromatic nitrogens is 3. The molecule has 0 fully saturated rings. The number of ether oxygens (including phenoxy) is 1. The van der Waals surface area contributed by atoms with Gasteiger partial charge in [-0.05, 0) is 34.2 Å². The molecular formula is C55H52N4OPt-2. The van der Waals surface area contributed by atoms with Gasteiger partial charge in [-0.1, -0.05) is 57.2 Å². The fraction of sp³-hybridized carbons (Fsp3) is 0.236. The molecule has 0 spiro atoms. The average Bonchev–Trinajstić information content (AvgIpc) is 3.54. The third-order valence-electron chi connectivity index (χ3n) is 11.7. The molecule has 1 aliphatic heterocycles. The van der Waals surface area contributed by atoms with E-state index in [1.807, 2.05) is 24.4 Å². The number of fused-ring (bicyclic) bond motifs is 4. The number of hydrogen-bond acceptors (Lipinski definition) is 3. The Labute approximate surface area is 371 Å². The number of anilines is 2. The molecule has 0 amide bonds. The number of para-hydroxylation sites is 2. The van der Waals surface area contributed by atoms with E-state index in [1.165, 1.54) is 38.9 Å². The van der Waals surface area contributed by atoms with E-state index in [4.69, 9.17) is 9.72 Å². The summed E-state index contributed by atoms with van der Waals surface area (Å²) in [5.41, 5.74) is 14.9. The SMILES string of the molecule is CC(C)(C)c1cc(-n2[c](=[Pt])n(-c3[c-]c(Oc4[c-]c5c(cc4)-c4ccc(-c6ccccc6)cc4CN5c4cc(C(C)(C)C)ccn4)ccc3)c3ccccc32)cc(C(C)(C)C)c1. The molecule has 0 saturated carbocycles. The maximum atomic E-state index is 6.70. The first-order chi connectivity index (χ1) is 29.0. The van der Waals surface area contributed by atoms with E-state index in [0.29, 0.717) is 18.0 Å². The first-order valence-corrected chi connectivity index (χ1v) is 22.2. The van der Waals surface area contributed by atoms with Gasteiger partial charge in [0.25, 0.3) is 0 Å². The van der Waals surface area contributed by atoms with Crippen LogP contribution in [-0.2, 0) is 42.1 Å². The van der Waals surface area contributed by atoms with E-state index in [2.05, 4.69) is 223 Å². The molecule has 0 bridgehead atoms. The Bertz CT molecular complexity index is 2980. The predicted octanol–water partition coefficient (Wildman–Crippen LogP) is 14.2. The van der Waals surface area contributed by atoms with Gasteiger partial charge < -0.3 is 0 Å². The number of hydrogen-bond donors (Lipinski definition) is 0. The van der Waals surface area contributed by atoms with Crippen molar-refractivity contribution >= 4 is 22.5 Å². The number of rotatable bonds is 6. The van der Waals surface area contributed by atoms with E-state index < -0.39 is 0 Å². The van der Waals surface area contributed by atoms with Gasteiger partial charge in [-0.15, -0.1) is 0 Å². The molecule has 0 unspecified atom stereocenters. The van der Waals surface area contributed by atoms with Gasteiger partial charge in [-0.2, -0.15) is 0 Å². The summed E-state index contributed by atoms with van der Waals surface area (Å²) < 4.78 is 12.4. The normalized spacial score (nSPS) is 13.0. The van der Waals surface area contributed by atoms with Crippen LogP contribution in [0.4, 0.5) is 11.5 Å². The van der Waals surface area contributed by atoms with Crippen LogP contribution in [0, 0.1) is 15.9 Å². The van der Waals surface area contributed by atoms with Crippen LogP contribution in [0.25, 0.3) is 44.7 Å². The van der Waals surface area contributed by atoms with Crippen LogP contribution >= 0.6 is 0 Å². The van der Waals surface area contributed by atoms with Gasteiger partial charge in [-0.25, -0.2) is 0 Å². The Balaban J connectivity index is 1.12. The Morgan fingerprint density at radius 1 is 0.557 bits per heavy atom. The van der Waals surface area contributed by atoms with E-state index in [-0.39, 0.29) is 16.2 Å². The molecule has 0 N–H and O–H groups in total. The molecule has 3 heterocycles. The van der Waals surface area contributed by atoms with Crippen molar-refractivity contribution in [1.82, 2.24) is 14.1 Å². The second-order valence-electron chi connectivity index (χ2n) is 19.2. The summed E-state index contributed by atoms with van der Waals surface area (Å²) >= 11 is 2.47. The summed E-state index contributed by atoms with van der Waals surface area (Å²) in [6.07, 6.45) is 1.92. The van der Waals surface area contributed by atoms with E-state index in [9.17, 15) is 0 Å². The Kier molecular flexibility index (Phi) is 10.2. The van der Waals surface area contributed by atoms with Crippen molar-refractivity contribution in [3.05, 3.63) is 178 Å². The quantitative estimate of drug-likeness (QED) is 0.156. The number of imidazole rings is 1. The zero-order chi connectivity index (χ0) is 42.8. The number of benzene rings is 6. The fourth-order valence-electron chi connectivity index (χ4n) is 8.16. The molecule has 0 saturated heterocycles. The molecule has 9 rings (SSSR count). The van der Waals surface area contributed by atoms with E-state index in [1.54, 1.807) is 0 Å². The zero-order valence-corrected chi connectivity index (χ0v) is 38.8. The Hall–Kier alpha value is -5.77. The maximum absolute atomic E-state index is 6.70. The van der Waals surface area contributed by atoms with Gasteiger partial charge in [0.05, 0.1) is 0 Å². The second-order valence-corrected chi connectivity index (χ2v) is 20.2. The standard InChI is InChI=1S/C55H52N4O.Pt/c1-53(2,3)40-26-27-56-52(32-40)57-35-39-28-38(37-16-11-10-12-17-37)22-24-47(39)48-25-23-46(34-51(48)57)60-45-19-15-18-43(33-45)58-36-59(50-21-14-13-20-49(50)58)44-30-41(54(4,5)6)29-42(31-44)55(7,8)9;/h10-32H,35H2,1-9H3;/q-2;. The van der Waals surface area contributed by atoms with Crippen molar-refractivity contribution in [3.63, 3.8) is 0 Å². The molecule has 0 atom stereocenters. The monoisotopic (exact) mass is 979 g/mol. The molecule has 5 nitrogen and oxygen atoms in total. The van der Waals surface area contributed by atoms with Crippen LogP contribution in [0.15, 0.2) is 140 Å². The minimum absolute atomic E-state index is 0.00694. The van der Waals surface area contributed by atoms with Crippen LogP contribution in [0.2, 0.25) is 0 Å². The van der Waals surface area contributed by atoms with Crippen LogP contribution < -0.4 is 9.64 Å². The van der Waals surface area contributed by atoms with Gasteiger partial charge in [0, 0.05) is 6.20 Å². The third kappa shape index (κ3) is 7.86. The van der Waals surface area contributed by atoms with Gasteiger partial charge in [-0.3, -0.25) is 0 Å². The molecule has 0 radical (unpaired) electrons. The van der Waals surface area contributed by atoms with E-state index >= 15 is 0 Å². The summed E-state index contributed by atoms with van der Waals surface area (Å²) in [5, 5.41) is 0. The molecule has 1 aliphatic rings. The topological polar surface area (TPSA) is 35.2 Å². The van der Waals surface area contributed by atoms with Gasteiger partial charge in [0.1, 0.15) is 0 Å².